The second kappa shape index (κ2) is 8.13. The van der Waals surface area contributed by atoms with Crippen molar-refractivity contribution in [1.29, 1.82) is 5.26 Å². The number of ether oxygens (including phenoxy) is 1. The number of rotatable bonds is 8. The Kier molecular flexibility index (Phi) is 5.86. The topological polar surface area (TPSA) is 49.4 Å². The fourth-order valence-corrected chi connectivity index (χ4v) is 2.11. The minimum Gasteiger partial charge on any atom is -0.494 e. The van der Waals surface area contributed by atoms with Crippen molar-refractivity contribution in [3.05, 3.63) is 54.0 Å². The molecule has 0 aliphatic carbocycles. The van der Waals surface area contributed by atoms with Crippen LogP contribution in [0.1, 0.15) is 24.7 Å². The molecule has 0 aliphatic heterocycles. The second-order valence-corrected chi connectivity index (χ2v) is 4.79. The van der Waals surface area contributed by atoms with Gasteiger partial charge in [-0.1, -0.05) is 13.0 Å². The predicted molar refractivity (Wildman–Crippen MR) is 80.9 cm³/mol. The first kappa shape index (κ1) is 15.1. The molecule has 0 spiro atoms. The van der Waals surface area contributed by atoms with E-state index >= 15 is 0 Å². The Hall–Kier alpha value is -2.25. The fourth-order valence-electron chi connectivity index (χ4n) is 2.11. The second-order valence-electron chi connectivity index (χ2n) is 4.79. The maximum absolute atomic E-state index is 8.84. The molecule has 0 fully saturated rings. The summed E-state index contributed by atoms with van der Waals surface area (Å²) >= 11 is 0. The van der Waals surface area contributed by atoms with Crippen LogP contribution in [0.4, 0.5) is 0 Å². The Morgan fingerprint density at radius 1 is 1.29 bits per heavy atom. The summed E-state index contributed by atoms with van der Waals surface area (Å²) in [4.78, 5) is 2.31. The van der Waals surface area contributed by atoms with Crippen molar-refractivity contribution >= 4 is 0 Å². The Labute approximate surface area is 125 Å². The molecule has 0 N–H and O–H groups in total. The zero-order valence-corrected chi connectivity index (χ0v) is 12.3. The van der Waals surface area contributed by atoms with Gasteiger partial charge in [0.15, 0.2) is 0 Å². The number of benzene rings is 1. The summed E-state index contributed by atoms with van der Waals surface area (Å²) in [5.41, 5.74) is 0.625. The van der Waals surface area contributed by atoms with E-state index in [0.717, 1.165) is 37.6 Å². The quantitative estimate of drug-likeness (QED) is 0.697. The average Bonchev–Trinajstić information content (AvgIpc) is 3.03. The van der Waals surface area contributed by atoms with E-state index in [1.54, 1.807) is 18.4 Å². The Morgan fingerprint density at radius 3 is 2.90 bits per heavy atom. The lowest BCUT2D eigenvalue weighted by molar-refractivity contribution is 0.223. The molecule has 1 aromatic carbocycles. The lowest BCUT2D eigenvalue weighted by Crippen LogP contribution is -2.25. The number of nitrogens with zero attached hydrogens (tertiary/aromatic N) is 2. The van der Waals surface area contributed by atoms with E-state index in [1.165, 1.54) is 0 Å². The number of furan rings is 1. The van der Waals surface area contributed by atoms with Gasteiger partial charge in [-0.15, -0.1) is 0 Å². The first-order valence-electron chi connectivity index (χ1n) is 7.19. The molecule has 0 radical (unpaired) electrons. The highest BCUT2D eigenvalue weighted by atomic mass is 16.5. The van der Waals surface area contributed by atoms with Gasteiger partial charge in [-0.3, -0.25) is 4.90 Å². The molecule has 2 aromatic rings. The van der Waals surface area contributed by atoms with Gasteiger partial charge in [-0.05, 0) is 43.3 Å². The Balaban J connectivity index is 1.71. The van der Waals surface area contributed by atoms with Crippen LogP contribution in [-0.2, 0) is 6.54 Å². The van der Waals surface area contributed by atoms with Crippen LogP contribution in [0.5, 0.6) is 5.75 Å². The molecule has 0 aliphatic rings. The van der Waals surface area contributed by atoms with Gasteiger partial charge in [0.05, 0.1) is 31.0 Å². The molecule has 21 heavy (non-hydrogen) atoms. The normalized spacial score (nSPS) is 10.5. The van der Waals surface area contributed by atoms with Crippen LogP contribution in [0, 0.1) is 11.3 Å². The summed E-state index contributed by atoms with van der Waals surface area (Å²) in [7, 11) is 0. The summed E-state index contributed by atoms with van der Waals surface area (Å²) in [5, 5.41) is 8.84. The van der Waals surface area contributed by atoms with Crippen LogP contribution >= 0.6 is 0 Å². The molecule has 0 saturated carbocycles. The fraction of sp³-hybridized carbons (Fsp3) is 0.353. The van der Waals surface area contributed by atoms with Crippen LogP contribution in [0.3, 0.4) is 0 Å². The summed E-state index contributed by atoms with van der Waals surface area (Å²) in [6.45, 7) is 5.54. The number of nitriles is 1. The highest BCUT2D eigenvalue weighted by Crippen LogP contribution is 2.13. The summed E-state index contributed by atoms with van der Waals surface area (Å²) in [5.74, 6) is 1.74. The third-order valence-corrected chi connectivity index (χ3v) is 3.26. The van der Waals surface area contributed by atoms with Gasteiger partial charge in [0, 0.05) is 6.54 Å². The van der Waals surface area contributed by atoms with E-state index in [1.807, 2.05) is 24.3 Å². The first-order chi connectivity index (χ1) is 10.3. The Bertz CT molecular complexity index is 573. The van der Waals surface area contributed by atoms with Crippen LogP contribution in [0.25, 0.3) is 0 Å². The average molecular weight is 284 g/mol. The third kappa shape index (κ3) is 4.97. The van der Waals surface area contributed by atoms with Crippen molar-refractivity contribution in [1.82, 2.24) is 4.90 Å². The van der Waals surface area contributed by atoms with Crippen molar-refractivity contribution in [3.8, 4) is 11.8 Å². The molecule has 1 heterocycles. The molecule has 0 unspecified atom stereocenters. The summed E-state index contributed by atoms with van der Waals surface area (Å²) < 4.78 is 11.0. The molecule has 1 aromatic heterocycles. The van der Waals surface area contributed by atoms with E-state index < -0.39 is 0 Å². The molecular formula is C17H20N2O2. The van der Waals surface area contributed by atoms with Crippen LogP contribution in [0.15, 0.2) is 47.1 Å². The third-order valence-electron chi connectivity index (χ3n) is 3.26. The van der Waals surface area contributed by atoms with Gasteiger partial charge in [0.2, 0.25) is 0 Å². The zero-order chi connectivity index (χ0) is 14.9. The minimum absolute atomic E-state index is 0.625. The van der Waals surface area contributed by atoms with E-state index in [4.69, 9.17) is 14.4 Å². The maximum atomic E-state index is 8.84. The van der Waals surface area contributed by atoms with Gasteiger partial charge in [0.1, 0.15) is 11.5 Å². The van der Waals surface area contributed by atoms with Crippen LogP contribution in [-0.4, -0.2) is 24.6 Å². The Morgan fingerprint density at radius 2 is 2.19 bits per heavy atom. The molecular weight excluding hydrogens is 264 g/mol. The van der Waals surface area contributed by atoms with Gasteiger partial charge in [-0.2, -0.15) is 5.26 Å². The van der Waals surface area contributed by atoms with Crippen molar-refractivity contribution in [2.45, 2.75) is 19.9 Å². The summed E-state index contributed by atoms with van der Waals surface area (Å²) in [6.07, 6.45) is 2.64. The molecule has 4 heteroatoms. The van der Waals surface area contributed by atoms with Gasteiger partial charge in [0.25, 0.3) is 0 Å². The van der Waals surface area contributed by atoms with Gasteiger partial charge >= 0.3 is 0 Å². The molecule has 0 bridgehead atoms. The summed E-state index contributed by atoms with van der Waals surface area (Å²) in [6, 6.07) is 13.3. The standard InChI is InChI=1S/C17H20N2O2/c1-2-19(14-17-8-4-10-21-17)9-5-11-20-16-7-3-6-15(12-16)13-18/h3-4,6-8,10,12H,2,5,9,11,14H2,1H3. The SMILES string of the molecule is CCN(CCCOc1cccc(C#N)c1)Cc1ccco1. The lowest BCUT2D eigenvalue weighted by Gasteiger charge is -2.19. The molecule has 0 atom stereocenters. The molecule has 110 valence electrons. The van der Waals surface area contributed by atoms with Crippen LogP contribution < -0.4 is 4.74 Å². The van der Waals surface area contributed by atoms with Gasteiger partial charge < -0.3 is 9.15 Å². The van der Waals surface area contributed by atoms with Crippen molar-refractivity contribution < 1.29 is 9.15 Å². The first-order valence-corrected chi connectivity index (χ1v) is 7.19. The molecule has 2 rings (SSSR count). The van der Waals surface area contributed by atoms with Crippen molar-refractivity contribution in [2.24, 2.45) is 0 Å². The molecule has 4 nitrogen and oxygen atoms in total. The lowest BCUT2D eigenvalue weighted by atomic mass is 10.2. The van der Waals surface area contributed by atoms with Crippen molar-refractivity contribution in [3.63, 3.8) is 0 Å². The van der Waals surface area contributed by atoms with E-state index in [-0.39, 0.29) is 0 Å². The van der Waals surface area contributed by atoms with Gasteiger partial charge in [-0.25, -0.2) is 0 Å². The van der Waals surface area contributed by atoms with E-state index in [9.17, 15) is 0 Å². The highest BCUT2D eigenvalue weighted by molar-refractivity contribution is 5.36. The highest BCUT2D eigenvalue weighted by Gasteiger charge is 2.05. The van der Waals surface area contributed by atoms with Crippen molar-refractivity contribution in [2.75, 3.05) is 19.7 Å². The predicted octanol–water partition coefficient (Wildman–Crippen LogP) is 3.44. The molecule has 0 saturated heterocycles. The van der Waals surface area contributed by atoms with E-state index in [0.29, 0.717) is 12.2 Å². The number of hydrogen-bond donors (Lipinski definition) is 0. The minimum atomic E-state index is 0.625. The maximum Gasteiger partial charge on any atom is 0.120 e. The van der Waals surface area contributed by atoms with E-state index in [2.05, 4.69) is 17.9 Å². The largest absolute Gasteiger partial charge is 0.494 e. The van der Waals surface area contributed by atoms with Crippen LogP contribution in [0.2, 0.25) is 0 Å². The zero-order valence-electron chi connectivity index (χ0n) is 12.3. The monoisotopic (exact) mass is 284 g/mol. The smallest absolute Gasteiger partial charge is 0.120 e. The number of hydrogen-bond acceptors (Lipinski definition) is 4. The molecule has 0 amide bonds.